The van der Waals surface area contributed by atoms with Crippen LogP contribution in [0, 0.1) is 0 Å². The molecule has 0 bridgehead atoms. The molecule has 1 N–H and O–H groups in total. The highest BCUT2D eigenvalue weighted by molar-refractivity contribution is 9.11. The number of fused-ring (bicyclic) bond motifs is 1. The number of furan rings is 1. The number of benzene rings is 2. The van der Waals surface area contributed by atoms with E-state index in [1.807, 2.05) is 31.2 Å². The summed E-state index contributed by atoms with van der Waals surface area (Å²) >= 11 is 9.98. The SMILES string of the molecule is CCc1oc2ccccc2c1C(=O)c1c(Br)cc(Br)c(O)c1Br. The van der Waals surface area contributed by atoms with Crippen LogP contribution in [-0.4, -0.2) is 10.9 Å². The predicted molar refractivity (Wildman–Crippen MR) is 100 cm³/mol. The van der Waals surface area contributed by atoms with Crippen LogP contribution in [0.5, 0.6) is 5.75 Å². The topological polar surface area (TPSA) is 50.4 Å². The van der Waals surface area contributed by atoms with Crippen molar-refractivity contribution in [3.63, 3.8) is 0 Å². The van der Waals surface area contributed by atoms with Gasteiger partial charge in [-0.2, -0.15) is 0 Å². The van der Waals surface area contributed by atoms with Gasteiger partial charge in [0, 0.05) is 16.3 Å². The molecular formula is C17H11Br3O3. The molecule has 0 saturated carbocycles. The second-order valence-corrected chi connectivity index (χ2v) is 7.46. The lowest BCUT2D eigenvalue weighted by atomic mass is 9.99. The number of carbonyl (C=O) groups excluding carboxylic acids is 1. The van der Waals surface area contributed by atoms with Crippen LogP contribution in [0.4, 0.5) is 0 Å². The summed E-state index contributed by atoms with van der Waals surface area (Å²) in [5.41, 5.74) is 1.58. The average Bonchev–Trinajstić information content (AvgIpc) is 2.91. The van der Waals surface area contributed by atoms with Gasteiger partial charge in [-0.25, -0.2) is 0 Å². The molecule has 0 radical (unpaired) electrons. The molecule has 0 saturated heterocycles. The first kappa shape index (κ1) is 16.7. The number of carbonyl (C=O) groups is 1. The molecule has 3 rings (SSSR count). The average molecular weight is 503 g/mol. The Kier molecular flexibility index (Phi) is 4.67. The molecule has 118 valence electrons. The minimum Gasteiger partial charge on any atom is -0.506 e. The summed E-state index contributed by atoms with van der Waals surface area (Å²) in [4.78, 5) is 13.2. The third-order valence-electron chi connectivity index (χ3n) is 3.59. The highest BCUT2D eigenvalue weighted by Crippen LogP contribution is 2.41. The van der Waals surface area contributed by atoms with Crippen LogP contribution in [0.25, 0.3) is 11.0 Å². The number of ketones is 1. The number of hydrogen-bond acceptors (Lipinski definition) is 3. The lowest BCUT2D eigenvalue weighted by Gasteiger charge is -2.10. The number of aromatic hydroxyl groups is 1. The van der Waals surface area contributed by atoms with Gasteiger partial charge in [-0.3, -0.25) is 4.79 Å². The van der Waals surface area contributed by atoms with Gasteiger partial charge in [0.05, 0.1) is 20.1 Å². The Morgan fingerprint density at radius 3 is 2.52 bits per heavy atom. The van der Waals surface area contributed by atoms with Crippen LogP contribution in [0.1, 0.15) is 28.6 Å². The summed E-state index contributed by atoms with van der Waals surface area (Å²) in [5, 5.41) is 10.9. The minimum atomic E-state index is -0.201. The van der Waals surface area contributed by atoms with Gasteiger partial charge in [-0.15, -0.1) is 0 Å². The van der Waals surface area contributed by atoms with Crippen LogP contribution in [0.15, 0.2) is 48.2 Å². The number of para-hydroxylation sites is 1. The van der Waals surface area contributed by atoms with Crippen molar-refractivity contribution in [2.24, 2.45) is 0 Å². The molecule has 0 unspecified atom stereocenters. The molecule has 3 nitrogen and oxygen atoms in total. The maximum atomic E-state index is 13.2. The third kappa shape index (κ3) is 2.77. The van der Waals surface area contributed by atoms with Gasteiger partial charge in [0.25, 0.3) is 0 Å². The molecule has 0 fully saturated rings. The molecule has 1 aromatic heterocycles. The molecule has 0 aliphatic carbocycles. The van der Waals surface area contributed by atoms with E-state index < -0.39 is 0 Å². The van der Waals surface area contributed by atoms with Gasteiger partial charge >= 0.3 is 0 Å². The van der Waals surface area contributed by atoms with Gasteiger partial charge in [-0.05, 0) is 59.9 Å². The van der Waals surface area contributed by atoms with Crippen LogP contribution in [-0.2, 0) is 6.42 Å². The molecule has 2 aromatic carbocycles. The second kappa shape index (κ2) is 6.42. The molecule has 0 spiro atoms. The Morgan fingerprint density at radius 1 is 1.13 bits per heavy atom. The Hall–Kier alpha value is -1.11. The number of phenolic OH excluding ortho intramolecular Hbond substituents is 1. The van der Waals surface area contributed by atoms with Crippen molar-refractivity contribution in [2.45, 2.75) is 13.3 Å². The molecule has 0 aliphatic rings. The first-order valence-corrected chi connectivity index (χ1v) is 9.25. The first-order valence-electron chi connectivity index (χ1n) is 6.87. The van der Waals surface area contributed by atoms with E-state index >= 15 is 0 Å². The van der Waals surface area contributed by atoms with E-state index in [0.29, 0.717) is 42.3 Å². The number of phenols is 1. The fourth-order valence-corrected chi connectivity index (χ4v) is 4.99. The summed E-state index contributed by atoms with van der Waals surface area (Å²) in [6.07, 6.45) is 0.605. The van der Waals surface area contributed by atoms with Gasteiger partial charge in [0.2, 0.25) is 0 Å². The summed E-state index contributed by atoms with van der Waals surface area (Å²) in [7, 11) is 0. The monoisotopic (exact) mass is 500 g/mol. The van der Waals surface area contributed by atoms with Crippen molar-refractivity contribution < 1.29 is 14.3 Å². The quantitative estimate of drug-likeness (QED) is 0.433. The molecule has 0 atom stereocenters. The van der Waals surface area contributed by atoms with Crippen molar-refractivity contribution in [1.82, 2.24) is 0 Å². The zero-order chi connectivity index (χ0) is 16.7. The van der Waals surface area contributed by atoms with Crippen molar-refractivity contribution in [3.8, 4) is 5.75 Å². The van der Waals surface area contributed by atoms with E-state index in [-0.39, 0.29) is 11.5 Å². The fraction of sp³-hybridized carbons (Fsp3) is 0.118. The minimum absolute atomic E-state index is 0.0117. The first-order chi connectivity index (χ1) is 11.0. The standard InChI is InChI=1S/C17H11Br3O3/c1-2-11-13(8-5-3-4-6-12(8)23-11)17(22)14-9(18)7-10(19)16(21)15(14)20/h3-7,21H,2H2,1H3. The Bertz CT molecular complexity index is 928. The van der Waals surface area contributed by atoms with E-state index in [0.717, 1.165) is 5.39 Å². The summed E-state index contributed by atoms with van der Waals surface area (Å²) in [5.74, 6) is 0.424. The molecule has 0 aliphatic heterocycles. The van der Waals surface area contributed by atoms with Crippen LogP contribution in [0.3, 0.4) is 0 Å². The van der Waals surface area contributed by atoms with Crippen molar-refractivity contribution in [1.29, 1.82) is 0 Å². The molecule has 0 amide bonds. The van der Waals surface area contributed by atoms with Crippen LogP contribution >= 0.6 is 47.8 Å². The predicted octanol–water partition coefficient (Wildman–Crippen LogP) is 6.22. The van der Waals surface area contributed by atoms with Gasteiger partial charge in [0.1, 0.15) is 17.1 Å². The van der Waals surface area contributed by atoms with E-state index in [1.165, 1.54) is 0 Å². The summed E-state index contributed by atoms with van der Waals surface area (Å²) < 4.78 is 7.23. The van der Waals surface area contributed by atoms with Crippen molar-refractivity contribution >= 4 is 64.5 Å². The molecular weight excluding hydrogens is 492 g/mol. The maximum absolute atomic E-state index is 13.2. The highest BCUT2D eigenvalue weighted by Gasteiger charge is 2.26. The smallest absolute Gasteiger partial charge is 0.199 e. The van der Waals surface area contributed by atoms with E-state index in [9.17, 15) is 9.90 Å². The fourth-order valence-electron chi connectivity index (χ4n) is 2.51. The summed E-state index contributed by atoms with van der Waals surface area (Å²) in [6, 6.07) is 9.11. The molecule has 6 heteroatoms. The normalized spacial score (nSPS) is 11.1. The Balaban J connectivity index is 2.29. The largest absolute Gasteiger partial charge is 0.506 e. The highest BCUT2D eigenvalue weighted by atomic mass is 79.9. The molecule has 23 heavy (non-hydrogen) atoms. The van der Waals surface area contributed by atoms with Crippen molar-refractivity contribution in [2.75, 3.05) is 0 Å². The van der Waals surface area contributed by atoms with Crippen LogP contribution in [0.2, 0.25) is 0 Å². The second-order valence-electron chi connectivity index (χ2n) is 4.96. The van der Waals surface area contributed by atoms with Crippen molar-refractivity contribution in [3.05, 3.63) is 60.6 Å². The number of aryl methyl sites for hydroxylation is 1. The van der Waals surface area contributed by atoms with E-state index in [1.54, 1.807) is 6.07 Å². The van der Waals surface area contributed by atoms with E-state index in [2.05, 4.69) is 47.8 Å². The van der Waals surface area contributed by atoms with Gasteiger partial charge in [0.15, 0.2) is 5.78 Å². The van der Waals surface area contributed by atoms with Gasteiger partial charge < -0.3 is 9.52 Å². The lowest BCUT2D eigenvalue weighted by Crippen LogP contribution is -2.06. The third-order valence-corrected chi connectivity index (χ3v) is 5.59. The molecule has 1 heterocycles. The maximum Gasteiger partial charge on any atom is 0.199 e. The van der Waals surface area contributed by atoms with Crippen LogP contribution < -0.4 is 0 Å². The number of halogens is 3. The Labute approximate surface area is 158 Å². The number of hydrogen-bond donors (Lipinski definition) is 1. The zero-order valence-electron chi connectivity index (χ0n) is 12.0. The van der Waals surface area contributed by atoms with E-state index in [4.69, 9.17) is 4.42 Å². The number of rotatable bonds is 3. The van der Waals surface area contributed by atoms with Gasteiger partial charge in [-0.1, -0.05) is 25.1 Å². The zero-order valence-corrected chi connectivity index (χ0v) is 16.7. The lowest BCUT2D eigenvalue weighted by molar-refractivity contribution is 0.103. The Morgan fingerprint density at radius 2 is 1.83 bits per heavy atom. The molecule has 3 aromatic rings. The summed E-state index contributed by atoms with van der Waals surface area (Å²) in [6.45, 7) is 1.94.